The van der Waals surface area contributed by atoms with Crippen molar-refractivity contribution >= 4 is 17.5 Å². The molecule has 1 aromatic heterocycles. The van der Waals surface area contributed by atoms with Crippen LogP contribution in [0.3, 0.4) is 0 Å². The van der Waals surface area contributed by atoms with Crippen LogP contribution in [0.5, 0.6) is 11.5 Å². The fourth-order valence-corrected chi connectivity index (χ4v) is 3.06. The van der Waals surface area contributed by atoms with Crippen LogP contribution < -0.4 is 14.8 Å². The van der Waals surface area contributed by atoms with Gasteiger partial charge in [-0.25, -0.2) is 9.97 Å². The lowest BCUT2D eigenvalue weighted by Crippen LogP contribution is -2.32. The van der Waals surface area contributed by atoms with E-state index in [1.807, 2.05) is 23.1 Å². The third-order valence-electron chi connectivity index (χ3n) is 4.42. The number of ether oxygens (including phenoxy) is 2. The largest absolute Gasteiger partial charge is 0.454 e. The molecule has 0 bridgehead atoms. The van der Waals surface area contributed by atoms with E-state index < -0.39 is 0 Å². The molecule has 1 amide bonds. The number of aromatic nitrogens is 2. The summed E-state index contributed by atoms with van der Waals surface area (Å²) in [6.45, 7) is 1.87. The summed E-state index contributed by atoms with van der Waals surface area (Å²) < 4.78 is 10.6. The zero-order chi connectivity index (χ0) is 17.1. The quantitative estimate of drug-likeness (QED) is 0.926. The minimum Gasteiger partial charge on any atom is -0.454 e. The Bertz CT molecular complexity index is 755. The lowest BCUT2D eigenvalue weighted by molar-refractivity contribution is 0.0761. The Kier molecular flexibility index (Phi) is 4.37. The number of amides is 1. The van der Waals surface area contributed by atoms with E-state index in [4.69, 9.17) is 9.47 Å². The van der Waals surface area contributed by atoms with Crippen LogP contribution in [0.15, 0.2) is 30.6 Å². The van der Waals surface area contributed by atoms with Crippen molar-refractivity contribution in [2.24, 2.45) is 0 Å². The van der Waals surface area contributed by atoms with Gasteiger partial charge >= 0.3 is 0 Å². The SMILES string of the molecule is O=C(c1cnc(Nc2ccc3c(c2)OCO3)nc1)N1CCCCCC1. The van der Waals surface area contributed by atoms with Gasteiger partial charge in [0.1, 0.15) is 0 Å². The lowest BCUT2D eigenvalue weighted by Gasteiger charge is -2.19. The maximum Gasteiger partial charge on any atom is 0.256 e. The van der Waals surface area contributed by atoms with Crippen LogP contribution in [0.25, 0.3) is 0 Å². The highest BCUT2D eigenvalue weighted by Gasteiger charge is 2.18. The van der Waals surface area contributed by atoms with Gasteiger partial charge < -0.3 is 19.7 Å². The number of benzene rings is 1. The molecule has 0 unspecified atom stereocenters. The van der Waals surface area contributed by atoms with Crippen LogP contribution in [0, 0.1) is 0 Å². The van der Waals surface area contributed by atoms with Crippen molar-refractivity contribution in [1.29, 1.82) is 0 Å². The molecule has 0 spiro atoms. The number of anilines is 2. The predicted molar refractivity (Wildman–Crippen MR) is 92.3 cm³/mol. The first-order valence-corrected chi connectivity index (χ1v) is 8.57. The van der Waals surface area contributed by atoms with Gasteiger partial charge in [0, 0.05) is 37.2 Å². The molecule has 1 fully saturated rings. The van der Waals surface area contributed by atoms with E-state index in [2.05, 4.69) is 15.3 Å². The number of nitrogens with one attached hydrogen (secondary N) is 1. The molecule has 0 atom stereocenters. The number of fused-ring (bicyclic) bond motifs is 1. The normalized spacial score (nSPS) is 16.4. The van der Waals surface area contributed by atoms with Gasteiger partial charge in [0.2, 0.25) is 12.7 Å². The maximum absolute atomic E-state index is 12.5. The molecule has 2 aliphatic rings. The predicted octanol–water partition coefficient (Wildman–Crippen LogP) is 2.97. The molecule has 0 aliphatic carbocycles. The van der Waals surface area contributed by atoms with Gasteiger partial charge in [-0.1, -0.05) is 12.8 Å². The Labute approximate surface area is 146 Å². The van der Waals surface area contributed by atoms with Gasteiger partial charge in [0.15, 0.2) is 11.5 Å². The minimum absolute atomic E-state index is 0.0107. The van der Waals surface area contributed by atoms with Crippen LogP contribution in [-0.4, -0.2) is 40.7 Å². The number of hydrogen-bond acceptors (Lipinski definition) is 6. The van der Waals surface area contributed by atoms with Crippen molar-refractivity contribution in [3.63, 3.8) is 0 Å². The van der Waals surface area contributed by atoms with Crippen molar-refractivity contribution in [2.45, 2.75) is 25.7 Å². The van der Waals surface area contributed by atoms with E-state index in [0.29, 0.717) is 17.3 Å². The van der Waals surface area contributed by atoms with Crippen molar-refractivity contribution in [3.8, 4) is 11.5 Å². The smallest absolute Gasteiger partial charge is 0.256 e. The standard InChI is InChI=1S/C18H20N4O3/c23-17(22-7-3-1-2-4-8-22)13-10-19-18(20-11-13)21-14-5-6-15-16(9-14)25-12-24-15/h5-6,9-11H,1-4,7-8,12H2,(H,19,20,21). The number of carbonyl (C=O) groups is 1. The molecule has 0 saturated carbocycles. The van der Waals surface area contributed by atoms with Gasteiger partial charge in [0.05, 0.1) is 5.56 Å². The molecular weight excluding hydrogens is 320 g/mol. The molecule has 130 valence electrons. The van der Waals surface area contributed by atoms with E-state index in [9.17, 15) is 4.79 Å². The molecule has 25 heavy (non-hydrogen) atoms. The number of rotatable bonds is 3. The molecule has 1 N–H and O–H groups in total. The third-order valence-corrected chi connectivity index (χ3v) is 4.42. The highest BCUT2D eigenvalue weighted by atomic mass is 16.7. The summed E-state index contributed by atoms with van der Waals surface area (Å²) in [5.41, 5.74) is 1.33. The molecule has 4 rings (SSSR count). The minimum atomic E-state index is 0.0107. The van der Waals surface area contributed by atoms with Crippen LogP contribution in [-0.2, 0) is 0 Å². The molecule has 7 nitrogen and oxygen atoms in total. The summed E-state index contributed by atoms with van der Waals surface area (Å²) in [5.74, 6) is 1.87. The number of carbonyl (C=O) groups excluding carboxylic acids is 1. The first-order valence-electron chi connectivity index (χ1n) is 8.57. The Morgan fingerprint density at radius 1 is 1.00 bits per heavy atom. The summed E-state index contributed by atoms with van der Waals surface area (Å²) in [7, 11) is 0. The van der Waals surface area contributed by atoms with Crippen molar-refractivity contribution in [3.05, 3.63) is 36.2 Å². The average Bonchev–Trinajstić information content (AvgIpc) is 2.94. The van der Waals surface area contributed by atoms with Crippen LogP contribution >= 0.6 is 0 Å². The second-order valence-electron chi connectivity index (χ2n) is 6.19. The van der Waals surface area contributed by atoms with Gasteiger partial charge in [0.25, 0.3) is 5.91 Å². The molecule has 2 aliphatic heterocycles. The fourth-order valence-electron chi connectivity index (χ4n) is 3.06. The summed E-state index contributed by atoms with van der Waals surface area (Å²) >= 11 is 0. The van der Waals surface area contributed by atoms with E-state index in [-0.39, 0.29) is 12.7 Å². The highest BCUT2D eigenvalue weighted by Crippen LogP contribution is 2.34. The van der Waals surface area contributed by atoms with E-state index in [0.717, 1.165) is 37.4 Å². The van der Waals surface area contributed by atoms with Gasteiger partial charge in [-0.3, -0.25) is 4.79 Å². The van der Waals surface area contributed by atoms with Crippen LogP contribution in [0.1, 0.15) is 36.0 Å². The van der Waals surface area contributed by atoms with Gasteiger partial charge in [-0.05, 0) is 25.0 Å². The molecule has 1 saturated heterocycles. The number of nitrogens with zero attached hydrogens (tertiary/aromatic N) is 3. The van der Waals surface area contributed by atoms with Crippen molar-refractivity contribution < 1.29 is 14.3 Å². The van der Waals surface area contributed by atoms with Crippen molar-refractivity contribution in [1.82, 2.24) is 14.9 Å². The van der Waals surface area contributed by atoms with Gasteiger partial charge in [-0.2, -0.15) is 0 Å². The van der Waals surface area contributed by atoms with E-state index in [1.54, 1.807) is 12.4 Å². The van der Waals surface area contributed by atoms with E-state index in [1.165, 1.54) is 12.8 Å². The Morgan fingerprint density at radius 2 is 1.72 bits per heavy atom. The molecule has 1 aromatic carbocycles. The van der Waals surface area contributed by atoms with E-state index >= 15 is 0 Å². The van der Waals surface area contributed by atoms with Crippen molar-refractivity contribution in [2.75, 3.05) is 25.2 Å². The Balaban J connectivity index is 1.43. The first-order chi connectivity index (χ1) is 12.3. The third kappa shape index (κ3) is 3.50. The zero-order valence-corrected chi connectivity index (χ0v) is 13.9. The lowest BCUT2D eigenvalue weighted by atomic mass is 10.2. The van der Waals surface area contributed by atoms with Crippen LogP contribution in [0.4, 0.5) is 11.6 Å². The van der Waals surface area contributed by atoms with Gasteiger partial charge in [-0.15, -0.1) is 0 Å². The topological polar surface area (TPSA) is 76.6 Å². The summed E-state index contributed by atoms with van der Waals surface area (Å²) in [6, 6.07) is 5.54. The monoisotopic (exact) mass is 340 g/mol. The second-order valence-corrected chi connectivity index (χ2v) is 6.19. The van der Waals surface area contributed by atoms with Crippen LogP contribution in [0.2, 0.25) is 0 Å². The zero-order valence-electron chi connectivity index (χ0n) is 13.9. The molecule has 3 heterocycles. The Morgan fingerprint density at radius 3 is 2.48 bits per heavy atom. The summed E-state index contributed by atoms with van der Waals surface area (Å²) in [6.07, 6.45) is 7.68. The molecular formula is C18H20N4O3. The number of likely N-dealkylation sites (tertiary alicyclic amines) is 1. The fraction of sp³-hybridized carbons (Fsp3) is 0.389. The molecule has 2 aromatic rings. The Hall–Kier alpha value is -2.83. The molecule has 0 radical (unpaired) electrons. The number of hydrogen-bond donors (Lipinski definition) is 1. The average molecular weight is 340 g/mol. The maximum atomic E-state index is 12.5. The summed E-state index contributed by atoms with van der Waals surface area (Å²) in [5, 5.41) is 3.11. The second kappa shape index (κ2) is 6.96. The summed E-state index contributed by atoms with van der Waals surface area (Å²) in [4.78, 5) is 23.0. The highest BCUT2D eigenvalue weighted by molar-refractivity contribution is 5.93. The first kappa shape index (κ1) is 15.7. The molecule has 7 heteroatoms.